The van der Waals surface area contributed by atoms with E-state index in [4.69, 9.17) is 6.42 Å². The van der Waals surface area contributed by atoms with Crippen molar-refractivity contribution >= 4 is 27.7 Å². The Morgan fingerprint density at radius 3 is 2.91 bits per heavy atom. The summed E-state index contributed by atoms with van der Waals surface area (Å²) in [6.07, 6.45) is 5.97. The summed E-state index contributed by atoms with van der Waals surface area (Å²) >= 11 is 0. The monoisotopic (exact) mass is 305 g/mol. The Hall–Kier alpha value is -2.80. The van der Waals surface area contributed by atoms with Gasteiger partial charge < -0.3 is 10.3 Å². The lowest BCUT2D eigenvalue weighted by Gasteiger charge is -2.04. The van der Waals surface area contributed by atoms with E-state index in [1.54, 1.807) is 0 Å². The SMILES string of the molecule is C#Cc1ccc2c(ccc3[nH]c(CNC(=O)CC(C)C)nc32)c1. The van der Waals surface area contributed by atoms with E-state index in [0.717, 1.165) is 33.2 Å². The van der Waals surface area contributed by atoms with Crippen LogP contribution in [0.4, 0.5) is 0 Å². The molecule has 0 aliphatic rings. The first-order valence-electron chi connectivity index (χ1n) is 7.71. The summed E-state index contributed by atoms with van der Waals surface area (Å²) in [6, 6.07) is 9.91. The molecule has 1 heterocycles. The normalized spacial score (nSPS) is 11.0. The highest BCUT2D eigenvalue weighted by atomic mass is 16.1. The van der Waals surface area contributed by atoms with Crippen LogP contribution in [0, 0.1) is 18.3 Å². The van der Waals surface area contributed by atoms with Crippen molar-refractivity contribution in [3.63, 3.8) is 0 Å². The maximum Gasteiger partial charge on any atom is 0.220 e. The molecular weight excluding hydrogens is 286 g/mol. The molecule has 4 heteroatoms. The lowest BCUT2D eigenvalue weighted by Crippen LogP contribution is -2.24. The van der Waals surface area contributed by atoms with Gasteiger partial charge in [-0.1, -0.05) is 31.9 Å². The summed E-state index contributed by atoms with van der Waals surface area (Å²) < 4.78 is 0. The van der Waals surface area contributed by atoms with Crippen molar-refractivity contribution in [2.75, 3.05) is 0 Å². The fourth-order valence-electron chi connectivity index (χ4n) is 2.65. The van der Waals surface area contributed by atoms with Crippen LogP contribution in [-0.2, 0) is 11.3 Å². The van der Waals surface area contributed by atoms with Crippen molar-refractivity contribution < 1.29 is 4.79 Å². The molecule has 0 atom stereocenters. The number of nitrogens with one attached hydrogen (secondary N) is 2. The number of imidazole rings is 1. The summed E-state index contributed by atoms with van der Waals surface area (Å²) in [6.45, 7) is 4.46. The van der Waals surface area contributed by atoms with Crippen LogP contribution in [0.25, 0.3) is 21.8 Å². The highest BCUT2D eigenvalue weighted by molar-refractivity contribution is 6.04. The second-order valence-corrected chi connectivity index (χ2v) is 6.10. The fourth-order valence-corrected chi connectivity index (χ4v) is 2.65. The number of hydrogen-bond acceptors (Lipinski definition) is 2. The number of aromatic amines is 1. The van der Waals surface area contributed by atoms with Gasteiger partial charge in [0.15, 0.2) is 0 Å². The second kappa shape index (κ2) is 6.13. The molecule has 4 nitrogen and oxygen atoms in total. The zero-order valence-electron chi connectivity index (χ0n) is 13.3. The summed E-state index contributed by atoms with van der Waals surface area (Å²) in [5.74, 6) is 3.79. The predicted octanol–water partition coefficient (Wildman–Crippen LogP) is 3.36. The lowest BCUT2D eigenvalue weighted by molar-refractivity contribution is -0.121. The average Bonchev–Trinajstić information content (AvgIpc) is 2.95. The molecule has 3 rings (SSSR count). The Morgan fingerprint density at radius 2 is 2.17 bits per heavy atom. The van der Waals surface area contributed by atoms with Crippen molar-refractivity contribution in [1.29, 1.82) is 0 Å². The fraction of sp³-hybridized carbons (Fsp3) is 0.263. The number of H-pyrrole nitrogens is 1. The number of nitrogens with zero attached hydrogens (tertiary/aromatic N) is 1. The summed E-state index contributed by atoms with van der Waals surface area (Å²) in [5, 5.41) is 5.02. The van der Waals surface area contributed by atoms with E-state index in [2.05, 4.69) is 21.2 Å². The molecule has 2 N–H and O–H groups in total. The lowest BCUT2D eigenvalue weighted by atomic mass is 10.1. The van der Waals surface area contributed by atoms with Gasteiger partial charge in [0.1, 0.15) is 5.82 Å². The first kappa shape index (κ1) is 15.1. The number of carbonyl (C=O) groups is 1. The van der Waals surface area contributed by atoms with Gasteiger partial charge in [0.2, 0.25) is 5.91 Å². The summed E-state index contributed by atoms with van der Waals surface area (Å²) in [7, 11) is 0. The molecule has 116 valence electrons. The van der Waals surface area contributed by atoms with Crippen LogP contribution in [0.5, 0.6) is 0 Å². The van der Waals surface area contributed by atoms with E-state index in [0.29, 0.717) is 18.9 Å². The maximum absolute atomic E-state index is 11.8. The van der Waals surface area contributed by atoms with Gasteiger partial charge in [-0.05, 0) is 29.5 Å². The standard InChI is InChI=1S/C19H19N3O/c1-4-13-5-7-15-14(10-13)6-8-16-19(15)22-17(21-16)11-20-18(23)9-12(2)3/h1,5-8,10,12H,9,11H2,2-3H3,(H,20,23)(H,21,22). The van der Waals surface area contributed by atoms with Crippen LogP contribution in [-0.4, -0.2) is 15.9 Å². The Labute approximate surface area is 135 Å². The molecular formula is C19H19N3O. The number of hydrogen-bond donors (Lipinski definition) is 2. The topological polar surface area (TPSA) is 57.8 Å². The molecule has 0 radical (unpaired) electrons. The van der Waals surface area contributed by atoms with Gasteiger partial charge in [-0.2, -0.15) is 0 Å². The van der Waals surface area contributed by atoms with Crippen LogP contribution in [0.3, 0.4) is 0 Å². The number of rotatable bonds is 4. The smallest absolute Gasteiger partial charge is 0.220 e. The molecule has 0 aliphatic heterocycles. The number of aromatic nitrogens is 2. The zero-order valence-corrected chi connectivity index (χ0v) is 13.3. The third kappa shape index (κ3) is 3.19. The molecule has 0 fully saturated rings. The van der Waals surface area contributed by atoms with Crippen molar-refractivity contribution in [1.82, 2.24) is 15.3 Å². The first-order chi connectivity index (χ1) is 11.1. The summed E-state index contributed by atoms with van der Waals surface area (Å²) in [4.78, 5) is 19.6. The van der Waals surface area contributed by atoms with E-state index in [1.807, 2.05) is 44.2 Å². The van der Waals surface area contributed by atoms with E-state index in [-0.39, 0.29) is 5.91 Å². The minimum atomic E-state index is 0.0453. The number of carbonyl (C=O) groups excluding carboxylic acids is 1. The van der Waals surface area contributed by atoms with E-state index < -0.39 is 0 Å². The predicted molar refractivity (Wildman–Crippen MR) is 92.8 cm³/mol. The maximum atomic E-state index is 11.8. The number of fused-ring (bicyclic) bond motifs is 3. The Bertz CT molecular complexity index is 915. The quantitative estimate of drug-likeness (QED) is 0.726. The molecule has 23 heavy (non-hydrogen) atoms. The molecule has 1 aromatic heterocycles. The van der Waals surface area contributed by atoms with Crippen LogP contribution < -0.4 is 5.32 Å². The molecule has 2 aromatic carbocycles. The van der Waals surface area contributed by atoms with Gasteiger partial charge in [0.05, 0.1) is 17.6 Å². The highest BCUT2D eigenvalue weighted by Crippen LogP contribution is 2.24. The van der Waals surface area contributed by atoms with Crippen LogP contribution in [0.2, 0.25) is 0 Å². The molecule has 1 amide bonds. The van der Waals surface area contributed by atoms with Crippen molar-refractivity contribution in [3.8, 4) is 12.3 Å². The van der Waals surface area contributed by atoms with Crippen molar-refractivity contribution in [2.24, 2.45) is 5.92 Å². The Kier molecular flexibility index (Phi) is 4.03. The molecule has 0 saturated heterocycles. The minimum Gasteiger partial charge on any atom is -0.349 e. The van der Waals surface area contributed by atoms with Crippen molar-refractivity contribution in [2.45, 2.75) is 26.8 Å². The van der Waals surface area contributed by atoms with E-state index >= 15 is 0 Å². The van der Waals surface area contributed by atoms with Crippen LogP contribution >= 0.6 is 0 Å². The van der Waals surface area contributed by atoms with Crippen LogP contribution in [0.1, 0.15) is 31.7 Å². The molecule has 0 aliphatic carbocycles. The number of benzene rings is 2. The van der Waals surface area contributed by atoms with Gasteiger partial charge >= 0.3 is 0 Å². The van der Waals surface area contributed by atoms with Gasteiger partial charge in [-0.15, -0.1) is 6.42 Å². The molecule has 0 spiro atoms. The third-order valence-corrected chi connectivity index (χ3v) is 3.73. The third-order valence-electron chi connectivity index (χ3n) is 3.73. The Morgan fingerprint density at radius 1 is 1.35 bits per heavy atom. The van der Waals surface area contributed by atoms with Crippen LogP contribution in [0.15, 0.2) is 30.3 Å². The number of amides is 1. The molecule has 0 bridgehead atoms. The Balaban J connectivity index is 1.88. The zero-order chi connectivity index (χ0) is 16.4. The highest BCUT2D eigenvalue weighted by Gasteiger charge is 2.09. The number of terminal acetylenes is 1. The second-order valence-electron chi connectivity index (χ2n) is 6.10. The van der Waals surface area contributed by atoms with Gasteiger partial charge in [0, 0.05) is 17.4 Å². The average molecular weight is 305 g/mol. The van der Waals surface area contributed by atoms with Gasteiger partial charge in [-0.3, -0.25) is 4.79 Å². The van der Waals surface area contributed by atoms with Gasteiger partial charge in [-0.25, -0.2) is 4.98 Å². The van der Waals surface area contributed by atoms with E-state index in [9.17, 15) is 4.79 Å². The summed E-state index contributed by atoms with van der Waals surface area (Å²) in [5.41, 5.74) is 2.71. The first-order valence-corrected chi connectivity index (χ1v) is 7.71. The molecule has 0 saturated carbocycles. The van der Waals surface area contributed by atoms with E-state index in [1.165, 1.54) is 0 Å². The largest absolute Gasteiger partial charge is 0.349 e. The van der Waals surface area contributed by atoms with Crippen molar-refractivity contribution in [3.05, 3.63) is 41.7 Å². The molecule has 3 aromatic rings. The molecule has 0 unspecified atom stereocenters. The van der Waals surface area contributed by atoms with Gasteiger partial charge in [0.25, 0.3) is 0 Å². The minimum absolute atomic E-state index is 0.0453.